The van der Waals surface area contributed by atoms with Crippen molar-refractivity contribution in [2.24, 2.45) is 0 Å². The van der Waals surface area contributed by atoms with Crippen LogP contribution in [-0.4, -0.2) is 66.4 Å². The highest BCUT2D eigenvalue weighted by atomic mass is 32.2. The van der Waals surface area contributed by atoms with E-state index < -0.39 is 0 Å². The lowest BCUT2D eigenvalue weighted by Gasteiger charge is -2.32. The molecular formula is C32H33N3O2S2. The standard InChI is InChI=1S/C32H33N3O2S2/c1-33-20-22-34(23-21-33)19-8-24-37-28-15-13-27(14-16-28)35-31(36)30(39-32(35)38)18-17-29(25-9-4-2-5-10-25)26-11-6-3-7-12-26/h2-7,9-18H,8,19-24H2,1H3. The van der Waals surface area contributed by atoms with Crippen LogP contribution in [0, 0.1) is 0 Å². The van der Waals surface area contributed by atoms with Gasteiger partial charge in [-0.2, -0.15) is 0 Å². The Morgan fingerprint density at radius 1 is 0.897 bits per heavy atom. The number of anilines is 1. The number of thiocarbonyl (C=S) groups is 1. The number of nitrogens with zero attached hydrogens (tertiary/aromatic N) is 3. The number of likely N-dealkylation sites (N-methyl/N-ethyl adjacent to an activating group) is 1. The zero-order chi connectivity index (χ0) is 27.0. The van der Waals surface area contributed by atoms with Gasteiger partial charge in [0.1, 0.15) is 5.75 Å². The minimum absolute atomic E-state index is 0.109. The van der Waals surface area contributed by atoms with Crippen LogP contribution in [0.1, 0.15) is 17.5 Å². The SMILES string of the molecule is CN1CCN(CCCOc2ccc(N3C(=O)C(=CC=C(c4ccccc4)c4ccccc4)SC3=S)cc2)CC1. The van der Waals surface area contributed by atoms with Crippen molar-refractivity contribution < 1.29 is 9.53 Å². The van der Waals surface area contributed by atoms with Gasteiger partial charge in [-0.15, -0.1) is 0 Å². The molecule has 2 aliphatic heterocycles. The molecule has 2 saturated heterocycles. The Morgan fingerprint density at radius 3 is 2.13 bits per heavy atom. The van der Waals surface area contributed by atoms with Gasteiger partial charge < -0.3 is 14.5 Å². The van der Waals surface area contributed by atoms with Crippen molar-refractivity contribution >= 4 is 45.5 Å². The molecule has 5 nitrogen and oxygen atoms in total. The number of allylic oxidation sites excluding steroid dienone is 2. The van der Waals surface area contributed by atoms with Crippen LogP contribution in [0.15, 0.2) is 102 Å². The van der Waals surface area contributed by atoms with Crippen molar-refractivity contribution in [3.8, 4) is 5.75 Å². The van der Waals surface area contributed by atoms with Gasteiger partial charge in [-0.25, -0.2) is 0 Å². The molecule has 2 fully saturated rings. The third kappa shape index (κ3) is 7.05. The number of ether oxygens (including phenoxy) is 1. The van der Waals surface area contributed by atoms with Crippen molar-refractivity contribution in [3.63, 3.8) is 0 Å². The molecule has 0 N–H and O–H groups in total. The lowest BCUT2D eigenvalue weighted by molar-refractivity contribution is -0.113. The first-order valence-electron chi connectivity index (χ1n) is 13.3. The highest BCUT2D eigenvalue weighted by molar-refractivity contribution is 8.27. The molecule has 2 heterocycles. The summed E-state index contributed by atoms with van der Waals surface area (Å²) in [6.45, 7) is 6.24. The predicted molar refractivity (Wildman–Crippen MR) is 166 cm³/mol. The average Bonchev–Trinajstić information content (AvgIpc) is 3.26. The summed E-state index contributed by atoms with van der Waals surface area (Å²) < 4.78 is 6.49. The van der Waals surface area contributed by atoms with Gasteiger partial charge in [-0.05, 0) is 60.5 Å². The smallest absolute Gasteiger partial charge is 0.270 e. The van der Waals surface area contributed by atoms with E-state index in [1.807, 2.05) is 72.8 Å². The second-order valence-electron chi connectivity index (χ2n) is 9.69. The molecule has 200 valence electrons. The third-order valence-electron chi connectivity index (χ3n) is 6.94. The van der Waals surface area contributed by atoms with Crippen LogP contribution < -0.4 is 9.64 Å². The summed E-state index contributed by atoms with van der Waals surface area (Å²) in [4.78, 5) is 20.4. The van der Waals surface area contributed by atoms with E-state index in [0.717, 1.165) is 67.3 Å². The van der Waals surface area contributed by atoms with Gasteiger partial charge in [0.2, 0.25) is 0 Å². The number of hydrogen-bond donors (Lipinski definition) is 0. The minimum Gasteiger partial charge on any atom is -0.494 e. The fraction of sp³-hybridized carbons (Fsp3) is 0.250. The third-order valence-corrected chi connectivity index (χ3v) is 8.26. The average molecular weight is 556 g/mol. The van der Waals surface area contributed by atoms with Crippen molar-refractivity contribution in [3.05, 3.63) is 113 Å². The topological polar surface area (TPSA) is 36.0 Å². The molecular weight excluding hydrogens is 523 g/mol. The molecule has 1 amide bonds. The van der Waals surface area contributed by atoms with E-state index in [2.05, 4.69) is 41.1 Å². The summed E-state index contributed by atoms with van der Waals surface area (Å²) in [5.74, 6) is 0.693. The van der Waals surface area contributed by atoms with Crippen molar-refractivity contribution in [2.75, 3.05) is 51.3 Å². The molecule has 3 aromatic rings. The van der Waals surface area contributed by atoms with E-state index >= 15 is 0 Å². The maximum absolute atomic E-state index is 13.3. The van der Waals surface area contributed by atoms with E-state index in [1.165, 1.54) is 11.8 Å². The zero-order valence-corrected chi connectivity index (χ0v) is 23.8. The Hall–Kier alpha value is -3.23. The molecule has 0 radical (unpaired) electrons. The summed E-state index contributed by atoms with van der Waals surface area (Å²) in [6.07, 6.45) is 4.88. The normalized spacial score (nSPS) is 17.6. The zero-order valence-electron chi connectivity index (χ0n) is 22.2. The summed E-state index contributed by atoms with van der Waals surface area (Å²) in [7, 11) is 2.17. The van der Waals surface area contributed by atoms with Crippen LogP contribution in [0.25, 0.3) is 5.57 Å². The number of benzene rings is 3. The monoisotopic (exact) mass is 555 g/mol. The molecule has 0 aliphatic carbocycles. The van der Waals surface area contributed by atoms with Gasteiger partial charge in [0.05, 0.1) is 17.2 Å². The van der Waals surface area contributed by atoms with Gasteiger partial charge in [-0.3, -0.25) is 9.69 Å². The number of carbonyl (C=O) groups excluding carboxylic acids is 1. The molecule has 39 heavy (non-hydrogen) atoms. The lowest BCUT2D eigenvalue weighted by atomic mass is 9.97. The maximum atomic E-state index is 13.3. The Labute approximate surface area is 240 Å². The Bertz CT molecular complexity index is 1290. The molecule has 0 aromatic heterocycles. The molecule has 0 atom stereocenters. The van der Waals surface area contributed by atoms with Crippen LogP contribution in [0.4, 0.5) is 5.69 Å². The molecule has 5 rings (SSSR count). The molecule has 0 unspecified atom stereocenters. The van der Waals surface area contributed by atoms with Crippen LogP contribution in [-0.2, 0) is 4.79 Å². The fourth-order valence-corrected chi connectivity index (χ4v) is 5.94. The minimum atomic E-state index is -0.109. The first kappa shape index (κ1) is 27.3. The molecule has 2 aliphatic rings. The number of rotatable bonds is 9. The van der Waals surface area contributed by atoms with Gasteiger partial charge in [0.25, 0.3) is 5.91 Å². The van der Waals surface area contributed by atoms with Gasteiger partial charge in [0.15, 0.2) is 4.32 Å². The van der Waals surface area contributed by atoms with Crippen LogP contribution >= 0.6 is 24.0 Å². The van der Waals surface area contributed by atoms with Crippen molar-refractivity contribution in [2.45, 2.75) is 6.42 Å². The van der Waals surface area contributed by atoms with Gasteiger partial charge in [-0.1, -0.05) is 90.7 Å². The van der Waals surface area contributed by atoms with Gasteiger partial charge in [0, 0.05) is 32.7 Å². The molecule has 0 saturated carbocycles. The maximum Gasteiger partial charge on any atom is 0.270 e. The summed E-state index contributed by atoms with van der Waals surface area (Å²) in [6, 6.07) is 28.0. The predicted octanol–water partition coefficient (Wildman–Crippen LogP) is 6.08. The molecule has 0 spiro atoms. The second-order valence-corrected chi connectivity index (χ2v) is 11.4. The Kier molecular flexibility index (Phi) is 9.27. The highest BCUT2D eigenvalue weighted by Crippen LogP contribution is 2.36. The lowest BCUT2D eigenvalue weighted by Crippen LogP contribution is -2.44. The van der Waals surface area contributed by atoms with Crippen molar-refractivity contribution in [1.82, 2.24) is 9.80 Å². The summed E-state index contributed by atoms with van der Waals surface area (Å²) in [5, 5.41) is 0. The Morgan fingerprint density at radius 2 is 1.51 bits per heavy atom. The molecule has 0 bridgehead atoms. The first-order valence-corrected chi connectivity index (χ1v) is 14.5. The molecule has 3 aromatic carbocycles. The second kappa shape index (κ2) is 13.2. The number of amides is 1. The van der Waals surface area contributed by atoms with E-state index in [-0.39, 0.29) is 5.91 Å². The summed E-state index contributed by atoms with van der Waals surface area (Å²) in [5.41, 5.74) is 3.99. The quantitative estimate of drug-likeness (QED) is 0.181. The van der Waals surface area contributed by atoms with Crippen molar-refractivity contribution in [1.29, 1.82) is 0 Å². The first-order chi connectivity index (χ1) is 19.1. The van der Waals surface area contributed by atoms with E-state index in [0.29, 0.717) is 15.8 Å². The number of piperazine rings is 1. The number of hydrogen-bond acceptors (Lipinski definition) is 6. The highest BCUT2D eigenvalue weighted by Gasteiger charge is 2.33. The molecule has 7 heteroatoms. The number of thioether (sulfide) groups is 1. The fourth-order valence-electron chi connectivity index (χ4n) is 4.70. The van der Waals surface area contributed by atoms with Gasteiger partial charge >= 0.3 is 0 Å². The van der Waals surface area contributed by atoms with E-state index in [1.54, 1.807) is 4.90 Å². The van der Waals surface area contributed by atoms with E-state index in [9.17, 15) is 4.79 Å². The largest absolute Gasteiger partial charge is 0.494 e. The number of carbonyl (C=O) groups is 1. The van der Waals surface area contributed by atoms with Crippen LogP contribution in [0.2, 0.25) is 0 Å². The Balaban J connectivity index is 1.22. The van der Waals surface area contributed by atoms with Crippen LogP contribution in [0.3, 0.4) is 0 Å². The summed E-state index contributed by atoms with van der Waals surface area (Å²) >= 11 is 6.93. The van der Waals surface area contributed by atoms with E-state index in [4.69, 9.17) is 17.0 Å². The van der Waals surface area contributed by atoms with Crippen LogP contribution in [0.5, 0.6) is 5.75 Å².